The second-order valence-corrected chi connectivity index (χ2v) is 9.06. The first-order valence-electron chi connectivity index (χ1n) is 12.5. The van der Waals surface area contributed by atoms with E-state index in [2.05, 4.69) is 20.4 Å². The quantitative estimate of drug-likeness (QED) is 0.487. The molecular formula is C26H27N7O5. The number of nitrogens with one attached hydrogen (secondary N) is 2. The number of esters is 1. The number of fused-ring (bicyclic) bond motifs is 1. The maximum atomic E-state index is 12.6. The molecule has 0 spiro atoms. The summed E-state index contributed by atoms with van der Waals surface area (Å²) in [6.07, 6.45) is 0. The van der Waals surface area contributed by atoms with Gasteiger partial charge in [-0.15, -0.1) is 0 Å². The Morgan fingerprint density at radius 1 is 0.763 bits per heavy atom. The third-order valence-electron chi connectivity index (χ3n) is 6.55. The third kappa shape index (κ3) is 5.22. The fourth-order valence-corrected chi connectivity index (χ4v) is 4.48. The summed E-state index contributed by atoms with van der Waals surface area (Å²) in [4.78, 5) is 42.8. The van der Waals surface area contributed by atoms with Gasteiger partial charge in [0, 0.05) is 48.7 Å². The summed E-state index contributed by atoms with van der Waals surface area (Å²) >= 11 is 0. The predicted octanol–water partition coefficient (Wildman–Crippen LogP) is 2.53. The summed E-state index contributed by atoms with van der Waals surface area (Å²) in [6, 6.07) is 12.0. The zero-order valence-electron chi connectivity index (χ0n) is 20.7. The highest BCUT2D eigenvalue weighted by atomic mass is 16.5. The fourth-order valence-electron chi connectivity index (χ4n) is 4.48. The van der Waals surface area contributed by atoms with Crippen molar-refractivity contribution in [3.8, 4) is 11.4 Å². The lowest BCUT2D eigenvalue weighted by Gasteiger charge is -2.30. The van der Waals surface area contributed by atoms with Crippen LogP contribution in [0.3, 0.4) is 0 Å². The summed E-state index contributed by atoms with van der Waals surface area (Å²) in [5.41, 5.74) is 3.19. The standard InChI is InChI=1S/C26H27N7O5/c34-23-21-15-20(6-3-18(21)16-38-23)28-26(35)27-19-4-1-17(2-5-19)22-29-24(32-7-11-36-12-8-32)31-25(30-22)33-9-13-37-14-10-33/h1-6,15H,7-14,16H2,(H2,27,28,35). The van der Waals surface area contributed by atoms with Crippen molar-refractivity contribution < 1.29 is 23.8 Å². The van der Waals surface area contributed by atoms with Gasteiger partial charge in [0.15, 0.2) is 5.82 Å². The van der Waals surface area contributed by atoms with Crippen molar-refractivity contribution in [3.05, 3.63) is 53.6 Å². The molecule has 0 unspecified atom stereocenters. The number of carbonyl (C=O) groups is 2. The topological polar surface area (TPSA) is 131 Å². The maximum absolute atomic E-state index is 12.6. The molecule has 3 aliphatic rings. The first-order valence-corrected chi connectivity index (χ1v) is 12.5. The molecule has 2 N–H and O–H groups in total. The molecule has 1 aromatic heterocycles. The van der Waals surface area contributed by atoms with Gasteiger partial charge in [0.25, 0.3) is 0 Å². The number of hydrogen-bond donors (Lipinski definition) is 2. The first kappa shape index (κ1) is 24.1. The summed E-state index contributed by atoms with van der Waals surface area (Å²) in [6.45, 7) is 5.65. The van der Waals surface area contributed by atoms with E-state index in [1.807, 2.05) is 12.1 Å². The highest BCUT2D eigenvalue weighted by Gasteiger charge is 2.22. The van der Waals surface area contributed by atoms with Crippen molar-refractivity contribution in [1.29, 1.82) is 0 Å². The summed E-state index contributed by atoms with van der Waals surface area (Å²) in [5.74, 6) is 1.43. The third-order valence-corrected chi connectivity index (χ3v) is 6.55. The maximum Gasteiger partial charge on any atom is 0.338 e. The van der Waals surface area contributed by atoms with E-state index in [-0.39, 0.29) is 12.6 Å². The Hall–Kier alpha value is -4.29. The number of morpholine rings is 2. The predicted molar refractivity (Wildman–Crippen MR) is 140 cm³/mol. The Morgan fingerprint density at radius 3 is 1.97 bits per heavy atom. The Bertz CT molecular complexity index is 1300. The van der Waals surface area contributed by atoms with Gasteiger partial charge in [-0.1, -0.05) is 6.07 Å². The molecular weight excluding hydrogens is 490 g/mol. The number of cyclic esters (lactones) is 1. The Kier molecular flexibility index (Phi) is 6.71. The van der Waals surface area contributed by atoms with Crippen LogP contribution in [0.1, 0.15) is 15.9 Å². The van der Waals surface area contributed by atoms with Crippen LogP contribution in [-0.2, 0) is 20.8 Å². The monoisotopic (exact) mass is 517 g/mol. The highest BCUT2D eigenvalue weighted by Crippen LogP contribution is 2.25. The largest absolute Gasteiger partial charge is 0.457 e. The van der Waals surface area contributed by atoms with Gasteiger partial charge in [-0.05, 0) is 36.4 Å². The van der Waals surface area contributed by atoms with E-state index in [4.69, 9.17) is 29.2 Å². The number of carbonyl (C=O) groups excluding carboxylic acids is 2. The zero-order chi connectivity index (χ0) is 25.9. The number of nitrogens with zero attached hydrogens (tertiary/aromatic N) is 5. The minimum Gasteiger partial charge on any atom is -0.457 e. The van der Waals surface area contributed by atoms with E-state index in [1.54, 1.807) is 30.3 Å². The minimum absolute atomic E-state index is 0.260. The normalized spacial score (nSPS) is 17.1. The molecule has 3 aliphatic heterocycles. The van der Waals surface area contributed by atoms with Crippen LogP contribution in [0, 0.1) is 0 Å². The Labute approximate surface area is 218 Å². The SMILES string of the molecule is O=C(Nc1ccc(-c2nc(N3CCOCC3)nc(N3CCOCC3)n2)cc1)Nc1ccc2c(c1)C(=O)OC2. The van der Waals surface area contributed by atoms with Gasteiger partial charge >= 0.3 is 12.0 Å². The first-order chi connectivity index (χ1) is 18.6. The molecule has 3 aromatic rings. The van der Waals surface area contributed by atoms with E-state index < -0.39 is 6.03 Å². The molecule has 2 aromatic carbocycles. The van der Waals surface area contributed by atoms with Gasteiger partial charge in [-0.2, -0.15) is 15.0 Å². The molecule has 2 saturated heterocycles. The van der Waals surface area contributed by atoms with Crippen LogP contribution in [0.4, 0.5) is 28.1 Å². The van der Waals surface area contributed by atoms with Crippen LogP contribution < -0.4 is 20.4 Å². The smallest absolute Gasteiger partial charge is 0.338 e. The average Bonchev–Trinajstić information content (AvgIpc) is 3.34. The molecule has 0 bridgehead atoms. The van der Waals surface area contributed by atoms with E-state index in [1.165, 1.54) is 0 Å². The van der Waals surface area contributed by atoms with Crippen molar-refractivity contribution in [2.24, 2.45) is 0 Å². The van der Waals surface area contributed by atoms with Gasteiger partial charge in [-0.3, -0.25) is 0 Å². The van der Waals surface area contributed by atoms with E-state index in [9.17, 15) is 9.59 Å². The lowest BCUT2D eigenvalue weighted by Crippen LogP contribution is -2.40. The molecule has 0 radical (unpaired) electrons. The summed E-state index contributed by atoms with van der Waals surface area (Å²) in [7, 11) is 0. The van der Waals surface area contributed by atoms with Crippen molar-refractivity contribution in [2.75, 3.05) is 73.0 Å². The molecule has 6 rings (SSSR count). The Morgan fingerprint density at radius 2 is 1.34 bits per heavy atom. The Balaban J connectivity index is 1.18. The van der Waals surface area contributed by atoms with Crippen LogP contribution in [0.5, 0.6) is 0 Å². The van der Waals surface area contributed by atoms with E-state index in [0.29, 0.717) is 61.1 Å². The number of rotatable bonds is 5. The molecule has 4 heterocycles. The van der Waals surface area contributed by atoms with Crippen LogP contribution in [0.15, 0.2) is 42.5 Å². The molecule has 0 aliphatic carbocycles. The van der Waals surface area contributed by atoms with Gasteiger partial charge in [0.05, 0.1) is 32.0 Å². The summed E-state index contributed by atoms with van der Waals surface area (Å²) < 4.78 is 16.0. The van der Waals surface area contributed by atoms with Crippen molar-refractivity contribution in [1.82, 2.24) is 15.0 Å². The fraction of sp³-hybridized carbons (Fsp3) is 0.346. The van der Waals surface area contributed by atoms with Crippen molar-refractivity contribution in [3.63, 3.8) is 0 Å². The molecule has 38 heavy (non-hydrogen) atoms. The highest BCUT2D eigenvalue weighted by molar-refractivity contribution is 6.01. The average molecular weight is 518 g/mol. The number of benzene rings is 2. The van der Waals surface area contributed by atoms with Gasteiger partial charge in [0.1, 0.15) is 6.61 Å². The second-order valence-electron chi connectivity index (χ2n) is 9.06. The number of aromatic nitrogens is 3. The molecule has 2 fully saturated rings. The van der Waals surface area contributed by atoms with Crippen LogP contribution in [0.2, 0.25) is 0 Å². The summed E-state index contributed by atoms with van der Waals surface area (Å²) in [5, 5.41) is 5.56. The number of anilines is 4. The molecule has 196 valence electrons. The molecule has 12 nitrogen and oxygen atoms in total. The lowest BCUT2D eigenvalue weighted by atomic mass is 10.1. The van der Waals surface area contributed by atoms with E-state index >= 15 is 0 Å². The lowest BCUT2D eigenvalue weighted by molar-refractivity contribution is 0.0535. The van der Waals surface area contributed by atoms with Crippen LogP contribution in [0.25, 0.3) is 11.4 Å². The zero-order valence-corrected chi connectivity index (χ0v) is 20.7. The molecule has 0 atom stereocenters. The molecule has 12 heteroatoms. The van der Waals surface area contributed by atoms with E-state index in [0.717, 1.165) is 37.3 Å². The van der Waals surface area contributed by atoms with Crippen LogP contribution in [-0.4, -0.2) is 79.6 Å². The molecule has 2 amide bonds. The van der Waals surface area contributed by atoms with Gasteiger partial charge in [0.2, 0.25) is 11.9 Å². The second kappa shape index (κ2) is 10.6. The molecule has 0 saturated carbocycles. The van der Waals surface area contributed by atoms with Crippen LogP contribution >= 0.6 is 0 Å². The van der Waals surface area contributed by atoms with Crippen molar-refractivity contribution >= 4 is 35.3 Å². The number of amides is 2. The minimum atomic E-state index is -0.423. The number of urea groups is 1. The number of hydrogen-bond acceptors (Lipinski definition) is 10. The van der Waals surface area contributed by atoms with Crippen molar-refractivity contribution in [2.45, 2.75) is 6.61 Å². The van der Waals surface area contributed by atoms with Gasteiger partial charge < -0.3 is 34.6 Å². The number of ether oxygens (including phenoxy) is 3. The van der Waals surface area contributed by atoms with Gasteiger partial charge in [-0.25, -0.2) is 9.59 Å².